The minimum absolute atomic E-state index is 0.157. The Balaban J connectivity index is 0.000000120. The first-order valence-electron chi connectivity index (χ1n) is 4.45. The summed E-state index contributed by atoms with van der Waals surface area (Å²) >= 11 is 0. The van der Waals surface area contributed by atoms with E-state index in [2.05, 4.69) is 10.1 Å². The van der Waals surface area contributed by atoms with Crippen LogP contribution in [0.25, 0.3) is 0 Å². The summed E-state index contributed by atoms with van der Waals surface area (Å²) in [6.07, 6.45) is 7.75. The number of carbonyl (C=O) groups is 1. The molecular weight excluding hydrogens is 154 g/mol. The van der Waals surface area contributed by atoms with Crippen molar-refractivity contribution in [3.63, 3.8) is 0 Å². The lowest BCUT2D eigenvalue weighted by Gasteiger charge is -2.08. The maximum Gasteiger partial charge on any atom is 0.314 e. The van der Waals surface area contributed by atoms with Gasteiger partial charge in [0.05, 0.1) is 12.7 Å². The summed E-state index contributed by atoms with van der Waals surface area (Å²) in [5.74, 6) is -0.157. The second-order valence-corrected chi connectivity index (χ2v) is 2.88. The van der Waals surface area contributed by atoms with Crippen LogP contribution in [0.3, 0.4) is 0 Å². The zero-order valence-corrected chi connectivity index (χ0v) is 7.21. The summed E-state index contributed by atoms with van der Waals surface area (Å²) in [7, 11) is 0. The molecule has 2 aliphatic heterocycles. The molecule has 0 spiro atoms. The van der Waals surface area contributed by atoms with Gasteiger partial charge in [-0.15, -0.1) is 0 Å². The van der Waals surface area contributed by atoms with E-state index in [-0.39, 0.29) is 5.97 Å². The number of hydrogen-bond donors (Lipinski definition) is 1. The molecule has 0 radical (unpaired) electrons. The van der Waals surface area contributed by atoms with Gasteiger partial charge in [0.25, 0.3) is 0 Å². The average molecular weight is 169 g/mol. The molecule has 1 fully saturated rings. The fraction of sp³-hybridized carbons (Fsp3) is 0.667. The summed E-state index contributed by atoms with van der Waals surface area (Å²) in [4.78, 5) is 9.96. The third-order valence-corrected chi connectivity index (χ3v) is 1.79. The van der Waals surface area contributed by atoms with Crippen LogP contribution in [0, 0.1) is 0 Å². The Labute approximate surface area is 72.8 Å². The minimum atomic E-state index is -0.157. The molecule has 2 aliphatic rings. The third kappa shape index (κ3) is 4.13. The Hall–Kier alpha value is -0.830. The largest absolute Gasteiger partial charge is 0.435 e. The van der Waals surface area contributed by atoms with Gasteiger partial charge in [0.2, 0.25) is 0 Å². The standard InChI is InChI=1S/C5H11N.C4H4O2/c1-2-4-6-5-3-1;5-4-2-1-3-6-4/h6H,1-5H2;1,3H,2H2. The van der Waals surface area contributed by atoms with E-state index in [0.29, 0.717) is 6.42 Å². The van der Waals surface area contributed by atoms with E-state index in [1.807, 2.05) is 0 Å². The molecule has 0 aromatic rings. The molecule has 12 heavy (non-hydrogen) atoms. The minimum Gasteiger partial charge on any atom is -0.435 e. The monoisotopic (exact) mass is 169 g/mol. The van der Waals surface area contributed by atoms with E-state index in [9.17, 15) is 4.79 Å². The van der Waals surface area contributed by atoms with Crippen LogP contribution >= 0.6 is 0 Å². The normalized spacial score (nSPS) is 21.2. The lowest BCUT2D eigenvalue weighted by Crippen LogP contribution is -2.21. The Kier molecular flexibility index (Phi) is 4.46. The highest BCUT2D eigenvalue weighted by molar-refractivity contribution is 5.73. The Morgan fingerprint density at radius 2 is 2.00 bits per heavy atom. The molecule has 2 rings (SSSR count). The first-order valence-corrected chi connectivity index (χ1v) is 4.45. The van der Waals surface area contributed by atoms with Gasteiger partial charge in [0.1, 0.15) is 0 Å². The topological polar surface area (TPSA) is 38.3 Å². The van der Waals surface area contributed by atoms with E-state index >= 15 is 0 Å². The van der Waals surface area contributed by atoms with Crippen molar-refractivity contribution in [1.82, 2.24) is 5.32 Å². The SMILES string of the molecule is C1CCNCC1.O=C1CC=CO1. The van der Waals surface area contributed by atoms with Gasteiger partial charge in [0.15, 0.2) is 0 Å². The lowest BCUT2D eigenvalue weighted by molar-refractivity contribution is -0.135. The van der Waals surface area contributed by atoms with E-state index in [1.54, 1.807) is 6.08 Å². The van der Waals surface area contributed by atoms with Gasteiger partial charge in [-0.25, -0.2) is 0 Å². The lowest BCUT2D eigenvalue weighted by atomic mass is 10.2. The number of ether oxygens (including phenoxy) is 1. The molecule has 0 aromatic heterocycles. The molecule has 0 unspecified atom stereocenters. The smallest absolute Gasteiger partial charge is 0.314 e. The van der Waals surface area contributed by atoms with Crippen LogP contribution < -0.4 is 5.32 Å². The van der Waals surface area contributed by atoms with Gasteiger partial charge in [-0.05, 0) is 32.0 Å². The van der Waals surface area contributed by atoms with Crippen LogP contribution in [0.2, 0.25) is 0 Å². The number of esters is 1. The quantitative estimate of drug-likeness (QED) is 0.554. The van der Waals surface area contributed by atoms with Crippen molar-refractivity contribution in [2.75, 3.05) is 13.1 Å². The first kappa shape index (κ1) is 9.26. The maximum absolute atomic E-state index is 9.96. The molecule has 0 aromatic carbocycles. The second kappa shape index (κ2) is 5.77. The van der Waals surface area contributed by atoms with Crippen LogP contribution in [0.1, 0.15) is 25.7 Å². The summed E-state index contributed by atoms with van der Waals surface area (Å²) in [6, 6.07) is 0. The number of hydrogen-bond acceptors (Lipinski definition) is 3. The molecule has 3 heteroatoms. The molecule has 3 nitrogen and oxygen atoms in total. The molecule has 68 valence electrons. The molecule has 0 amide bonds. The fourth-order valence-corrected chi connectivity index (χ4v) is 1.12. The molecule has 0 aliphatic carbocycles. The second-order valence-electron chi connectivity index (χ2n) is 2.88. The Morgan fingerprint density at radius 1 is 1.25 bits per heavy atom. The number of nitrogens with one attached hydrogen (secondary N) is 1. The van der Waals surface area contributed by atoms with Crippen molar-refractivity contribution in [3.05, 3.63) is 12.3 Å². The molecule has 0 saturated carbocycles. The Morgan fingerprint density at radius 3 is 2.17 bits per heavy atom. The zero-order valence-electron chi connectivity index (χ0n) is 7.21. The van der Waals surface area contributed by atoms with Crippen molar-refractivity contribution < 1.29 is 9.53 Å². The van der Waals surface area contributed by atoms with Crippen molar-refractivity contribution in [2.24, 2.45) is 0 Å². The van der Waals surface area contributed by atoms with Crippen molar-refractivity contribution >= 4 is 5.97 Å². The maximum atomic E-state index is 9.96. The van der Waals surface area contributed by atoms with Crippen molar-refractivity contribution in [1.29, 1.82) is 0 Å². The van der Waals surface area contributed by atoms with Crippen LogP contribution in [0.15, 0.2) is 12.3 Å². The van der Waals surface area contributed by atoms with Crippen LogP contribution in [0.4, 0.5) is 0 Å². The number of rotatable bonds is 0. The summed E-state index contributed by atoms with van der Waals surface area (Å²) < 4.78 is 4.33. The van der Waals surface area contributed by atoms with Gasteiger partial charge in [-0.1, -0.05) is 6.42 Å². The molecule has 1 N–H and O–H groups in total. The van der Waals surface area contributed by atoms with Crippen LogP contribution in [-0.4, -0.2) is 19.1 Å². The van der Waals surface area contributed by atoms with Gasteiger partial charge in [0, 0.05) is 0 Å². The fourth-order valence-electron chi connectivity index (χ4n) is 1.12. The van der Waals surface area contributed by atoms with Crippen LogP contribution in [-0.2, 0) is 9.53 Å². The van der Waals surface area contributed by atoms with Gasteiger partial charge < -0.3 is 10.1 Å². The van der Waals surface area contributed by atoms with E-state index < -0.39 is 0 Å². The molecule has 2 heterocycles. The Bertz CT molecular complexity index is 140. The first-order chi connectivity index (χ1) is 5.89. The molecule has 0 atom stereocenters. The van der Waals surface area contributed by atoms with E-state index in [1.165, 1.54) is 38.6 Å². The summed E-state index contributed by atoms with van der Waals surface area (Å²) in [5, 5.41) is 3.28. The van der Waals surface area contributed by atoms with Crippen LogP contribution in [0.5, 0.6) is 0 Å². The highest BCUT2D eigenvalue weighted by Gasteiger charge is 2.00. The number of carbonyl (C=O) groups excluding carboxylic acids is 1. The van der Waals surface area contributed by atoms with Gasteiger partial charge >= 0.3 is 5.97 Å². The third-order valence-electron chi connectivity index (χ3n) is 1.79. The van der Waals surface area contributed by atoms with Gasteiger partial charge in [-0.3, -0.25) is 4.79 Å². The van der Waals surface area contributed by atoms with E-state index in [4.69, 9.17) is 0 Å². The predicted molar refractivity (Wildman–Crippen MR) is 46.6 cm³/mol. The summed E-state index contributed by atoms with van der Waals surface area (Å²) in [5.41, 5.74) is 0. The number of cyclic esters (lactones) is 1. The molecule has 1 saturated heterocycles. The predicted octanol–water partition coefficient (Wildman–Crippen LogP) is 1.21. The molecular formula is C9H15NO2. The van der Waals surface area contributed by atoms with E-state index in [0.717, 1.165) is 0 Å². The molecule has 0 bridgehead atoms. The highest BCUT2D eigenvalue weighted by Crippen LogP contribution is 1.97. The highest BCUT2D eigenvalue weighted by atomic mass is 16.5. The average Bonchev–Trinajstić information content (AvgIpc) is 2.60. The van der Waals surface area contributed by atoms with Gasteiger partial charge in [-0.2, -0.15) is 0 Å². The summed E-state index contributed by atoms with van der Waals surface area (Å²) in [6.45, 7) is 2.50. The van der Waals surface area contributed by atoms with Crippen molar-refractivity contribution in [3.8, 4) is 0 Å². The van der Waals surface area contributed by atoms with Crippen molar-refractivity contribution in [2.45, 2.75) is 25.7 Å². The zero-order chi connectivity index (χ0) is 8.65. The number of piperidine rings is 1.